The first kappa shape index (κ1) is 19.6. The Hall–Kier alpha value is -3.15. The highest BCUT2D eigenvalue weighted by Gasteiger charge is 2.18. The molecule has 0 radical (unpaired) electrons. The van der Waals surface area contributed by atoms with Gasteiger partial charge in [-0.1, -0.05) is 6.07 Å². The zero-order valence-electron chi connectivity index (χ0n) is 16.9. The van der Waals surface area contributed by atoms with E-state index in [1.54, 1.807) is 22.8 Å². The molecule has 3 rings (SSSR count). The van der Waals surface area contributed by atoms with Gasteiger partial charge in [-0.15, -0.1) is 0 Å². The number of aryl methyl sites for hydroxylation is 2. The van der Waals surface area contributed by atoms with Crippen LogP contribution >= 0.6 is 0 Å². The van der Waals surface area contributed by atoms with E-state index < -0.39 is 5.97 Å². The third-order valence-corrected chi connectivity index (χ3v) is 5.07. The summed E-state index contributed by atoms with van der Waals surface area (Å²) < 4.78 is 6.44. The molecule has 0 saturated heterocycles. The summed E-state index contributed by atoms with van der Waals surface area (Å²) >= 11 is 0. The maximum absolute atomic E-state index is 13.4. The van der Waals surface area contributed by atoms with Crippen LogP contribution in [0.5, 0.6) is 0 Å². The lowest BCUT2D eigenvalue weighted by Gasteiger charge is -2.24. The highest BCUT2D eigenvalue weighted by Crippen LogP contribution is 2.22. The van der Waals surface area contributed by atoms with Gasteiger partial charge in [-0.05, 0) is 69.2 Å². The van der Waals surface area contributed by atoms with Crippen molar-refractivity contribution < 1.29 is 9.53 Å². The number of carbonyl (C=O) groups is 1. The summed E-state index contributed by atoms with van der Waals surface area (Å²) in [6, 6.07) is 10.8. The van der Waals surface area contributed by atoms with Gasteiger partial charge in [-0.3, -0.25) is 4.79 Å². The van der Waals surface area contributed by atoms with Crippen LogP contribution in [-0.4, -0.2) is 35.7 Å². The number of hydrogen-bond donors (Lipinski definition) is 0. The largest absolute Gasteiger partial charge is 0.465 e. The highest BCUT2D eigenvalue weighted by atomic mass is 16.5. The molecular weight excluding hydrogens is 354 g/mol. The Balaban J connectivity index is 2.36. The third-order valence-electron chi connectivity index (χ3n) is 5.07. The molecule has 2 aromatic carbocycles. The fourth-order valence-electron chi connectivity index (χ4n) is 3.23. The molecule has 6 heteroatoms. The summed E-state index contributed by atoms with van der Waals surface area (Å²) in [7, 11) is 1.33. The highest BCUT2D eigenvalue weighted by molar-refractivity contribution is 5.94. The van der Waals surface area contributed by atoms with Gasteiger partial charge in [0, 0.05) is 13.1 Å². The minimum atomic E-state index is -0.452. The third kappa shape index (κ3) is 3.38. The molecule has 0 spiro atoms. The molecule has 0 bridgehead atoms. The van der Waals surface area contributed by atoms with Crippen molar-refractivity contribution in [2.24, 2.45) is 0 Å². The number of methoxy groups -OCH3 is 1. The predicted octanol–water partition coefficient (Wildman–Crippen LogP) is 3.64. The molecule has 1 aromatic heterocycles. The van der Waals surface area contributed by atoms with E-state index in [-0.39, 0.29) is 5.56 Å². The van der Waals surface area contributed by atoms with Crippen molar-refractivity contribution in [3.63, 3.8) is 0 Å². The molecule has 6 nitrogen and oxygen atoms in total. The molecule has 0 saturated carbocycles. The van der Waals surface area contributed by atoms with Gasteiger partial charge in [-0.2, -0.15) is 0 Å². The number of benzene rings is 2. The Morgan fingerprint density at radius 2 is 1.79 bits per heavy atom. The number of ether oxygens (including phenoxy) is 1. The van der Waals surface area contributed by atoms with Crippen LogP contribution in [0.2, 0.25) is 0 Å². The normalized spacial score (nSPS) is 10.9. The first-order valence-electron chi connectivity index (χ1n) is 9.38. The topological polar surface area (TPSA) is 64.4 Å². The second kappa shape index (κ2) is 7.84. The van der Waals surface area contributed by atoms with Crippen molar-refractivity contribution >= 4 is 22.8 Å². The number of esters is 1. The number of anilines is 1. The fraction of sp³-hybridized carbons (Fsp3) is 0.318. The van der Waals surface area contributed by atoms with Crippen LogP contribution in [-0.2, 0) is 4.74 Å². The van der Waals surface area contributed by atoms with Crippen molar-refractivity contribution in [3.05, 3.63) is 63.4 Å². The number of aromatic nitrogens is 2. The Morgan fingerprint density at radius 1 is 1.07 bits per heavy atom. The fourth-order valence-corrected chi connectivity index (χ4v) is 3.23. The summed E-state index contributed by atoms with van der Waals surface area (Å²) in [5, 5.41) is 0.460. The molecule has 0 aliphatic heterocycles. The molecule has 0 fully saturated rings. The molecule has 0 aliphatic carbocycles. The van der Waals surface area contributed by atoms with Gasteiger partial charge >= 0.3 is 5.97 Å². The van der Waals surface area contributed by atoms with Crippen LogP contribution in [0, 0.1) is 13.8 Å². The van der Waals surface area contributed by atoms with Gasteiger partial charge in [-0.25, -0.2) is 14.3 Å². The monoisotopic (exact) mass is 379 g/mol. The van der Waals surface area contributed by atoms with Crippen molar-refractivity contribution in [2.75, 3.05) is 25.1 Å². The van der Waals surface area contributed by atoms with Crippen molar-refractivity contribution in [2.45, 2.75) is 27.7 Å². The van der Waals surface area contributed by atoms with Gasteiger partial charge in [0.05, 0.1) is 29.3 Å². The lowest BCUT2D eigenvalue weighted by molar-refractivity contribution is 0.0601. The number of nitrogens with zero attached hydrogens (tertiary/aromatic N) is 3. The van der Waals surface area contributed by atoms with Gasteiger partial charge in [0.1, 0.15) is 0 Å². The summed E-state index contributed by atoms with van der Waals surface area (Å²) in [6.45, 7) is 9.52. The van der Waals surface area contributed by atoms with Gasteiger partial charge < -0.3 is 9.64 Å². The van der Waals surface area contributed by atoms with Crippen molar-refractivity contribution in [3.8, 4) is 5.69 Å². The molecule has 0 N–H and O–H groups in total. The second-order valence-electron chi connectivity index (χ2n) is 6.72. The number of fused-ring (bicyclic) bond motifs is 1. The molecule has 0 aliphatic rings. The Labute approximate surface area is 164 Å². The zero-order valence-corrected chi connectivity index (χ0v) is 16.9. The van der Waals surface area contributed by atoms with E-state index in [0.29, 0.717) is 35.5 Å². The summed E-state index contributed by atoms with van der Waals surface area (Å²) in [5.74, 6) is 0.110. The van der Waals surface area contributed by atoms with Crippen LogP contribution in [0.1, 0.15) is 35.3 Å². The maximum Gasteiger partial charge on any atom is 0.337 e. The van der Waals surface area contributed by atoms with E-state index in [1.807, 2.05) is 50.8 Å². The Kier molecular flexibility index (Phi) is 5.49. The minimum Gasteiger partial charge on any atom is -0.465 e. The zero-order chi connectivity index (χ0) is 20.4. The van der Waals surface area contributed by atoms with Gasteiger partial charge in [0.15, 0.2) is 0 Å². The first-order chi connectivity index (χ1) is 13.4. The average Bonchev–Trinajstić information content (AvgIpc) is 2.70. The van der Waals surface area contributed by atoms with Crippen LogP contribution in [0.15, 0.2) is 41.2 Å². The minimum absolute atomic E-state index is 0.161. The maximum atomic E-state index is 13.4. The Morgan fingerprint density at radius 3 is 2.39 bits per heavy atom. The molecular formula is C22H25N3O3. The molecule has 146 valence electrons. The smallest absolute Gasteiger partial charge is 0.337 e. The van der Waals surface area contributed by atoms with E-state index >= 15 is 0 Å². The summed E-state index contributed by atoms with van der Waals surface area (Å²) in [5.41, 5.74) is 3.74. The standard InChI is InChI=1S/C22H25N3O3/c1-6-24(7-2)22-23-19-13-16(21(27)28-5)9-11-18(19)20(26)25(22)17-10-8-14(3)15(4)12-17/h8-13H,6-7H2,1-5H3. The number of carbonyl (C=O) groups excluding carboxylic acids is 1. The van der Waals surface area contributed by atoms with Crippen LogP contribution in [0.4, 0.5) is 5.95 Å². The second-order valence-corrected chi connectivity index (χ2v) is 6.72. The van der Waals surface area contributed by atoms with E-state index in [1.165, 1.54) is 7.11 Å². The van der Waals surface area contributed by atoms with E-state index in [0.717, 1.165) is 16.8 Å². The molecule has 1 heterocycles. The van der Waals surface area contributed by atoms with Gasteiger partial charge in [0.25, 0.3) is 5.56 Å². The quantitative estimate of drug-likeness (QED) is 0.634. The van der Waals surface area contributed by atoms with Crippen LogP contribution in [0.25, 0.3) is 16.6 Å². The molecule has 0 amide bonds. The van der Waals surface area contributed by atoms with E-state index in [9.17, 15) is 9.59 Å². The van der Waals surface area contributed by atoms with E-state index in [4.69, 9.17) is 9.72 Å². The summed E-state index contributed by atoms with van der Waals surface area (Å²) in [4.78, 5) is 32.1. The SMILES string of the molecule is CCN(CC)c1nc2cc(C(=O)OC)ccc2c(=O)n1-c1ccc(C)c(C)c1. The Bertz CT molecular complexity index is 1100. The lowest BCUT2D eigenvalue weighted by Crippen LogP contribution is -2.32. The molecule has 0 unspecified atom stereocenters. The lowest BCUT2D eigenvalue weighted by atomic mass is 10.1. The van der Waals surface area contributed by atoms with Crippen LogP contribution < -0.4 is 10.5 Å². The first-order valence-corrected chi connectivity index (χ1v) is 9.38. The molecule has 0 atom stereocenters. The molecule has 28 heavy (non-hydrogen) atoms. The van der Waals surface area contributed by atoms with Crippen LogP contribution in [0.3, 0.4) is 0 Å². The number of hydrogen-bond acceptors (Lipinski definition) is 5. The number of rotatable bonds is 5. The predicted molar refractivity (Wildman–Crippen MR) is 112 cm³/mol. The molecule has 3 aromatic rings. The summed E-state index contributed by atoms with van der Waals surface area (Å²) in [6.07, 6.45) is 0. The van der Waals surface area contributed by atoms with E-state index in [2.05, 4.69) is 0 Å². The van der Waals surface area contributed by atoms with Crippen molar-refractivity contribution in [1.82, 2.24) is 9.55 Å². The van der Waals surface area contributed by atoms with Crippen molar-refractivity contribution in [1.29, 1.82) is 0 Å². The van der Waals surface area contributed by atoms with Gasteiger partial charge in [0.2, 0.25) is 5.95 Å². The average molecular weight is 379 g/mol.